The minimum absolute atomic E-state index is 0.851. The van der Waals surface area contributed by atoms with Gasteiger partial charge in [-0.2, -0.15) is 5.10 Å². The van der Waals surface area contributed by atoms with Crippen molar-refractivity contribution in [3.05, 3.63) is 53.7 Å². The summed E-state index contributed by atoms with van der Waals surface area (Å²) < 4.78 is 0. The highest BCUT2D eigenvalue weighted by atomic mass is 15.2. The van der Waals surface area contributed by atoms with E-state index in [-0.39, 0.29) is 0 Å². The lowest BCUT2D eigenvalue weighted by Gasteiger charge is -2.04. The summed E-state index contributed by atoms with van der Waals surface area (Å²) in [6.45, 7) is 2.86. The number of hydrogen-bond donors (Lipinski definition) is 1. The van der Waals surface area contributed by atoms with Gasteiger partial charge in [-0.1, -0.05) is 30.3 Å². The molecule has 0 aliphatic rings. The normalized spacial score (nSPS) is 10.2. The van der Waals surface area contributed by atoms with Gasteiger partial charge in [0.25, 0.3) is 0 Å². The molecule has 0 aliphatic carbocycles. The first-order valence-corrected chi connectivity index (χ1v) is 5.93. The van der Waals surface area contributed by atoms with Crippen molar-refractivity contribution in [1.29, 1.82) is 0 Å². The summed E-state index contributed by atoms with van der Waals surface area (Å²) in [6.07, 6.45) is 2.19. The van der Waals surface area contributed by atoms with Gasteiger partial charge in [-0.05, 0) is 37.5 Å². The molecule has 2 rings (SSSR count). The van der Waals surface area contributed by atoms with Crippen molar-refractivity contribution < 1.29 is 0 Å². The topological polar surface area (TPSA) is 37.8 Å². The Hall–Kier alpha value is -1.90. The zero-order valence-electron chi connectivity index (χ0n) is 10.1. The van der Waals surface area contributed by atoms with Crippen molar-refractivity contribution in [2.45, 2.75) is 19.8 Å². The van der Waals surface area contributed by atoms with Gasteiger partial charge < -0.3 is 5.32 Å². The molecule has 3 nitrogen and oxygen atoms in total. The smallest absolute Gasteiger partial charge is 0.148 e. The maximum absolute atomic E-state index is 4.06. The summed E-state index contributed by atoms with van der Waals surface area (Å²) in [4.78, 5) is 0. The molecule has 0 amide bonds. The fraction of sp³-hybridized carbons (Fsp3) is 0.286. The maximum atomic E-state index is 4.06. The predicted octanol–water partition coefficient (Wildman–Crippen LogP) is 2.83. The molecule has 0 aliphatic heterocycles. The Labute approximate surface area is 102 Å². The van der Waals surface area contributed by atoms with E-state index in [0.29, 0.717) is 0 Å². The number of hydrogen-bond acceptors (Lipinski definition) is 3. The fourth-order valence-corrected chi connectivity index (χ4v) is 1.65. The van der Waals surface area contributed by atoms with Gasteiger partial charge in [0.15, 0.2) is 0 Å². The molecule has 88 valence electrons. The van der Waals surface area contributed by atoms with Crippen LogP contribution in [0.1, 0.15) is 17.7 Å². The van der Waals surface area contributed by atoms with Crippen LogP contribution in [0.5, 0.6) is 0 Å². The van der Waals surface area contributed by atoms with Crippen LogP contribution in [0.4, 0.5) is 5.82 Å². The first kappa shape index (κ1) is 11.6. The first-order chi connectivity index (χ1) is 8.34. The van der Waals surface area contributed by atoms with Crippen LogP contribution in [0.25, 0.3) is 0 Å². The lowest BCUT2D eigenvalue weighted by Crippen LogP contribution is -2.05. The lowest BCUT2D eigenvalue weighted by molar-refractivity contribution is 0.851. The molecule has 1 aromatic heterocycles. The third-order valence-electron chi connectivity index (χ3n) is 2.59. The standard InChI is InChI=1S/C14H17N3/c1-12-9-10-14(17-16-12)15-11-5-8-13-6-3-2-4-7-13/h2-4,6-7,9-10H,5,8,11H2,1H3,(H,15,17). The molecule has 3 heteroatoms. The second-order valence-corrected chi connectivity index (χ2v) is 4.08. The zero-order chi connectivity index (χ0) is 11.9. The van der Waals surface area contributed by atoms with Gasteiger partial charge in [-0.25, -0.2) is 0 Å². The summed E-state index contributed by atoms with van der Waals surface area (Å²) in [7, 11) is 0. The Morgan fingerprint density at radius 1 is 1.00 bits per heavy atom. The summed E-state index contributed by atoms with van der Waals surface area (Å²) in [5.41, 5.74) is 2.32. The largest absolute Gasteiger partial charge is 0.369 e. The molecule has 0 bridgehead atoms. The van der Waals surface area contributed by atoms with Crippen LogP contribution < -0.4 is 5.32 Å². The summed E-state index contributed by atoms with van der Waals surface area (Å²) >= 11 is 0. The van der Waals surface area contributed by atoms with Gasteiger partial charge in [0.2, 0.25) is 0 Å². The summed E-state index contributed by atoms with van der Waals surface area (Å²) in [5.74, 6) is 0.851. The van der Waals surface area contributed by atoms with E-state index in [1.165, 1.54) is 5.56 Å². The van der Waals surface area contributed by atoms with Gasteiger partial charge in [-0.3, -0.25) is 0 Å². The monoisotopic (exact) mass is 227 g/mol. The molecule has 0 saturated heterocycles. The maximum Gasteiger partial charge on any atom is 0.148 e. The second-order valence-electron chi connectivity index (χ2n) is 4.08. The highest BCUT2D eigenvalue weighted by molar-refractivity contribution is 5.32. The first-order valence-electron chi connectivity index (χ1n) is 5.93. The molecule has 0 spiro atoms. The Kier molecular flexibility index (Phi) is 4.08. The molecule has 17 heavy (non-hydrogen) atoms. The van der Waals surface area contributed by atoms with Gasteiger partial charge in [0.05, 0.1) is 5.69 Å². The second kappa shape index (κ2) is 5.99. The third-order valence-corrected chi connectivity index (χ3v) is 2.59. The van der Waals surface area contributed by atoms with Crippen LogP contribution in [0.3, 0.4) is 0 Å². The van der Waals surface area contributed by atoms with E-state index in [9.17, 15) is 0 Å². The van der Waals surface area contributed by atoms with Crippen LogP contribution in [0.15, 0.2) is 42.5 Å². The van der Waals surface area contributed by atoms with Gasteiger partial charge >= 0.3 is 0 Å². The van der Waals surface area contributed by atoms with Crippen molar-refractivity contribution in [2.75, 3.05) is 11.9 Å². The fourth-order valence-electron chi connectivity index (χ4n) is 1.65. The van der Waals surface area contributed by atoms with Crippen LogP contribution in [0, 0.1) is 6.92 Å². The van der Waals surface area contributed by atoms with E-state index in [2.05, 4.69) is 39.8 Å². The van der Waals surface area contributed by atoms with E-state index in [1.807, 2.05) is 25.1 Å². The Bertz CT molecular complexity index is 437. The molecule has 1 N–H and O–H groups in total. The van der Waals surface area contributed by atoms with Crippen molar-refractivity contribution in [3.8, 4) is 0 Å². The number of nitrogens with zero attached hydrogens (tertiary/aromatic N) is 2. The molecular formula is C14H17N3. The minimum atomic E-state index is 0.851. The molecule has 0 unspecified atom stereocenters. The SMILES string of the molecule is Cc1ccc(NCCCc2ccccc2)nn1. The number of benzene rings is 1. The van der Waals surface area contributed by atoms with Crippen LogP contribution in [-0.4, -0.2) is 16.7 Å². The van der Waals surface area contributed by atoms with Gasteiger partial charge in [0.1, 0.15) is 5.82 Å². The van der Waals surface area contributed by atoms with Gasteiger partial charge in [0, 0.05) is 6.54 Å². The average molecular weight is 227 g/mol. The Balaban J connectivity index is 1.71. The number of nitrogens with one attached hydrogen (secondary N) is 1. The quantitative estimate of drug-likeness (QED) is 0.798. The van der Waals surface area contributed by atoms with Crippen LogP contribution in [-0.2, 0) is 6.42 Å². The number of aromatic nitrogens is 2. The molecule has 0 radical (unpaired) electrons. The summed E-state index contributed by atoms with van der Waals surface area (Å²) in [6, 6.07) is 14.4. The number of aryl methyl sites for hydroxylation is 2. The third kappa shape index (κ3) is 3.87. The summed E-state index contributed by atoms with van der Waals surface area (Å²) in [5, 5.41) is 11.3. The molecular weight excluding hydrogens is 210 g/mol. The Morgan fingerprint density at radius 3 is 2.53 bits per heavy atom. The van der Waals surface area contributed by atoms with Crippen LogP contribution >= 0.6 is 0 Å². The molecule has 0 atom stereocenters. The van der Waals surface area contributed by atoms with Crippen molar-refractivity contribution >= 4 is 5.82 Å². The molecule has 1 aromatic carbocycles. The van der Waals surface area contributed by atoms with E-state index >= 15 is 0 Å². The molecule has 1 heterocycles. The van der Waals surface area contributed by atoms with Gasteiger partial charge in [-0.15, -0.1) is 5.10 Å². The van der Waals surface area contributed by atoms with Crippen molar-refractivity contribution in [3.63, 3.8) is 0 Å². The van der Waals surface area contributed by atoms with Crippen molar-refractivity contribution in [1.82, 2.24) is 10.2 Å². The highest BCUT2D eigenvalue weighted by Crippen LogP contribution is 2.04. The number of rotatable bonds is 5. The highest BCUT2D eigenvalue weighted by Gasteiger charge is 1.95. The van der Waals surface area contributed by atoms with E-state index < -0.39 is 0 Å². The van der Waals surface area contributed by atoms with E-state index in [1.54, 1.807) is 0 Å². The lowest BCUT2D eigenvalue weighted by atomic mass is 10.1. The predicted molar refractivity (Wildman–Crippen MR) is 70.0 cm³/mol. The van der Waals surface area contributed by atoms with Crippen LogP contribution in [0.2, 0.25) is 0 Å². The average Bonchev–Trinajstić information content (AvgIpc) is 2.38. The van der Waals surface area contributed by atoms with E-state index in [0.717, 1.165) is 30.9 Å². The Morgan fingerprint density at radius 2 is 1.82 bits per heavy atom. The molecule has 0 saturated carbocycles. The molecule has 0 fully saturated rings. The number of anilines is 1. The van der Waals surface area contributed by atoms with Crippen molar-refractivity contribution in [2.24, 2.45) is 0 Å². The van der Waals surface area contributed by atoms with E-state index in [4.69, 9.17) is 0 Å². The molecule has 2 aromatic rings. The zero-order valence-corrected chi connectivity index (χ0v) is 10.1. The minimum Gasteiger partial charge on any atom is -0.369 e.